The summed E-state index contributed by atoms with van der Waals surface area (Å²) in [5.74, 6) is 1.09. The fourth-order valence-corrected chi connectivity index (χ4v) is 9.54. The Balaban J connectivity index is 1.90. The van der Waals surface area contributed by atoms with Crippen LogP contribution in [0.2, 0.25) is 0 Å². The number of thiophene rings is 1. The van der Waals surface area contributed by atoms with Crippen LogP contribution in [-0.4, -0.2) is 24.0 Å². The van der Waals surface area contributed by atoms with Gasteiger partial charge in [-0.3, -0.25) is 4.21 Å². The highest BCUT2D eigenvalue weighted by molar-refractivity contribution is 7.93. The molecule has 28 heavy (non-hydrogen) atoms. The van der Waals surface area contributed by atoms with Crippen molar-refractivity contribution in [1.29, 1.82) is 0 Å². The van der Waals surface area contributed by atoms with Gasteiger partial charge in [-0.05, 0) is 46.2 Å². The van der Waals surface area contributed by atoms with Crippen molar-refractivity contribution < 1.29 is 17.4 Å². The third-order valence-electron chi connectivity index (χ3n) is 5.57. The van der Waals surface area contributed by atoms with Crippen LogP contribution in [0.1, 0.15) is 45.4 Å². The standard InChI is InChI=1S/C21H24O4S3/c1-14-11-21(27(22)12-15(14)2)13-20(3,4)25-17-10-18(26-19(17)21)28(23,24)16-8-6-5-7-9-16/h5-10H,11-13H2,1-4H3/t21-,27+/m0/s1. The molecule has 0 radical (unpaired) electrons. The van der Waals surface area contributed by atoms with Crippen molar-refractivity contribution in [3.8, 4) is 5.75 Å². The quantitative estimate of drug-likeness (QED) is 0.633. The van der Waals surface area contributed by atoms with Crippen LogP contribution >= 0.6 is 11.3 Å². The van der Waals surface area contributed by atoms with Crippen LogP contribution in [-0.2, 0) is 25.4 Å². The molecule has 2 aromatic rings. The molecule has 2 aliphatic heterocycles. The van der Waals surface area contributed by atoms with Crippen molar-refractivity contribution >= 4 is 32.0 Å². The van der Waals surface area contributed by atoms with E-state index in [4.69, 9.17) is 4.74 Å². The van der Waals surface area contributed by atoms with Gasteiger partial charge in [0.2, 0.25) is 9.84 Å². The summed E-state index contributed by atoms with van der Waals surface area (Å²) < 4.78 is 45.5. The topological polar surface area (TPSA) is 60.4 Å². The molecule has 4 rings (SSSR count). The summed E-state index contributed by atoms with van der Waals surface area (Å²) in [6.45, 7) is 8.09. The van der Waals surface area contributed by atoms with E-state index in [9.17, 15) is 12.6 Å². The predicted octanol–water partition coefficient (Wildman–Crippen LogP) is 4.83. The zero-order chi connectivity index (χ0) is 20.3. The summed E-state index contributed by atoms with van der Waals surface area (Å²) in [6.07, 6.45) is 1.28. The molecule has 0 unspecified atom stereocenters. The van der Waals surface area contributed by atoms with Crippen molar-refractivity contribution in [3.05, 3.63) is 52.4 Å². The minimum Gasteiger partial charge on any atom is -0.487 e. The lowest BCUT2D eigenvalue weighted by molar-refractivity contribution is 0.0658. The average Bonchev–Trinajstić information content (AvgIpc) is 3.05. The molecule has 4 nitrogen and oxygen atoms in total. The van der Waals surface area contributed by atoms with E-state index in [1.807, 2.05) is 20.8 Å². The lowest BCUT2D eigenvalue weighted by Gasteiger charge is -2.46. The highest BCUT2D eigenvalue weighted by Crippen LogP contribution is 2.56. The molecule has 0 bridgehead atoms. The number of ether oxygens (including phenoxy) is 1. The third-order valence-corrected chi connectivity index (χ3v) is 11.3. The van der Waals surface area contributed by atoms with Gasteiger partial charge in [0.25, 0.3) is 0 Å². The van der Waals surface area contributed by atoms with Crippen LogP contribution in [0.25, 0.3) is 0 Å². The van der Waals surface area contributed by atoms with Crippen LogP contribution in [0.4, 0.5) is 0 Å². The van der Waals surface area contributed by atoms with Gasteiger partial charge < -0.3 is 4.74 Å². The van der Waals surface area contributed by atoms with Crippen LogP contribution in [0.5, 0.6) is 5.75 Å². The first-order valence-electron chi connectivity index (χ1n) is 9.22. The molecule has 150 valence electrons. The van der Waals surface area contributed by atoms with Crippen LogP contribution in [0.15, 0.2) is 56.6 Å². The maximum atomic E-state index is 13.4. The Morgan fingerprint density at radius 3 is 2.46 bits per heavy atom. The fourth-order valence-electron chi connectivity index (χ4n) is 4.14. The Morgan fingerprint density at radius 1 is 1.11 bits per heavy atom. The molecule has 2 atom stereocenters. The minimum absolute atomic E-state index is 0.252. The highest BCUT2D eigenvalue weighted by atomic mass is 32.2. The number of sulfone groups is 1. The molecule has 0 saturated heterocycles. The molecule has 1 aromatic heterocycles. The molecular weight excluding hydrogens is 412 g/mol. The van der Waals surface area contributed by atoms with E-state index in [1.165, 1.54) is 22.5 Å². The van der Waals surface area contributed by atoms with Gasteiger partial charge in [0.05, 0.1) is 14.5 Å². The van der Waals surface area contributed by atoms with Gasteiger partial charge in [0.15, 0.2) is 0 Å². The van der Waals surface area contributed by atoms with E-state index in [0.717, 1.165) is 4.88 Å². The molecule has 7 heteroatoms. The molecular formula is C21H24O4S3. The molecule has 0 fully saturated rings. The van der Waals surface area contributed by atoms with Gasteiger partial charge in [-0.25, -0.2) is 8.42 Å². The van der Waals surface area contributed by atoms with Crippen molar-refractivity contribution in [3.63, 3.8) is 0 Å². The maximum Gasteiger partial charge on any atom is 0.216 e. The second-order valence-corrected chi connectivity index (χ2v) is 13.3. The Labute approximate surface area is 173 Å². The number of benzene rings is 1. The van der Waals surface area contributed by atoms with E-state index in [2.05, 4.69) is 6.92 Å². The van der Waals surface area contributed by atoms with Gasteiger partial charge in [-0.2, -0.15) is 0 Å². The summed E-state index contributed by atoms with van der Waals surface area (Å²) in [6, 6.07) is 10.1. The number of hydrogen-bond acceptors (Lipinski definition) is 5. The fraction of sp³-hybridized carbons (Fsp3) is 0.429. The first kappa shape index (κ1) is 19.9. The molecule has 1 spiro atoms. The molecule has 0 N–H and O–H groups in total. The van der Waals surface area contributed by atoms with Gasteiger partial charge in [-0.1, -0.05) is 29.3 Å². The van der Waals surface area contributed by atoms with E-state index >= 15 is 0 Å². The minimum atomic E-state index is -3.64. The van der Waals surface area contributed by atoms with E-state index in [1.54, 1.807) is 36.4 Å². The second kappa shape index (κ2) is 6.54. The van der Waals surface area contributed by atoms with Crippen LogP contribution in [0.3, 0.4) is 0 Å². The summed E-state index contributed by atoms with van der Waals surface area (Å²) in [4.78, 5) is 1.07. The van der Waals surface area contributed by atoms with Crippen molar-refractivity contribution in [2.75, 3.05) is 5.75 Å². The van der Waals surface area contributed by atoms with Crippen molar-refractivity contribution in [2.45, 2.75) is 60.0 Å². The highest BCUT2D eigenvalue weighted by Gasteiger charge is 2.52. The number of rotatable bonds is 2. The lowest BCUT2D eigenvalue weighted by Crippen LogP contribution is -2.48. The summed E-state index contributed by atoms with van der Waals surface area (Å²) in [5, 5.41) is 0. The van der Waals surface area contributed by atoms with Crippen LogP contribution < -0.4 is 4.74 Å². The number of hydrogen-bond donors (Lipinski definition) is 0. The zero-order valence-corrected chi connectivity index (χ0v) is 18.9. The smallest absolute Gasteiger partial charge is 0.216 e. The average molecular weight is 437 g/mol. The summed E-state index contributed by atoms with van der Waals surface area (Å²) in [7, 11) is -4.76. The van der Waals surface area contributed by atoms with E-state index < -0.39 is 31.0 Å². The zero-order valence-electron chi connectivity index (χ0n) is 16.4. The molecule has 1 aromatic carbocycles. The maximum absolute atomic E-state index is 13.4. The third kappa shape index (κ3) is 3.08. The first-order chi connectivity index (χ1) is 13.1. The molecule has 0 amide bonds. The van der Waals surface area contributed by atoms with E-state index in [-0.39, 0.29) is 9.10 Å². The summed E-state index contributed by atoms with van der Waals surface area (Å²) >= 11 is 1.22. The monoisotopic (exact) mass is 436 g/mol. The molecule has 2 aliphatic rings. The number of fused-ring (bicyclic) bond motifs is 2. The number of allylic oxidation sites excluding steroid dienone is 1. The molecule has 0 aliphatic carbocycles. The summed E-state index contributed by atoms with van der Waals surface area (Å²) in [5.41, 5.74) is 1.90. The lowest BCUT2D eigenvalue weighted by atomic mass is 9.83. The Bertz CT molecular complexity index is 1090. The Hall–Kier alpha value is -1.44. The van der Waals surface area contributed by atoms with Gasteiger partial charge in [0, 0.05) is 29.0 Å². The SMILES string of the molecule is CC1=C(C)C[C@@]2(CC(C)(C)Oc3cc(S(=O)(=O)c4ccccc4)sc32)[S@](=O)C1. The molecule has 0 saturated carbocycles. The predicted molar refractivity (Wildman–Crippen MR) is 113 cm³/mol. The molecule has 3 heterocycles. The normalized spacial score (nSPS) is 26.8. The van der Waals surface area contributed by atoms with Gasteiger partial charge in [0.1, 0.15) is 15.6 Å². The van der Waals surface area contributed by atoms with Crippen molar-refractivity contribution in [2.24, 2.45) is 0 Å². The Morgan fingerprint density at radius 2 is 1.79 bits per heavy atom. The van der Waals surface area contributed by atoms with E-state index in [0.29, 0.717) is 24.3 Å². The second-order valence-electron chi connectivity index (χ2n) is 8.34. The van der Waals surface area contributed by atoms with Gasteiger partial charge >= 0.3 is 0 Å². The van der Waals surface area contributed by atoms with Crippen LogP contribution in [0, 0.1) is 0 Å². The Kier molecular flexibility index (Phi) is 4.64. The first-order valence-corrected chi connectivity index (χ1v) is 12.8. The van der Waals surface area contributed by atoms with Crippen molar-refractivity contribution in [1.82, 2.24) is 0 Å². The van der Waals surface area contributed by atoms with Gasteiger partial charge in [-0.15, -0.1) is 11.3 Å². The largest absolute Gasteiger partial charge is 0.487 e.